The number of nitrogens with zero attached hydrogens (tertiary/aromatic N) is 2. The molecule has 1 aliphatic rings. The van der Waals surface area contributed by atoms with E-state index in [1.807, 2.05) is 24.5 Å². The molecular formula is C18H17N3O4. The number of amides is 4. The second-order valence-electron chi connectivity index (χ2n) is 5.86. The van der Waals surface area contributed by atoms with Crippen molar-refractivity contribution in [3.05, 3.63) is 52.9 Å². The average molecular weight is 339 g/mol. The van der Waals surface area contributed by atoms with Crippen molar-refractivity contribution in [3.8, 4) is 11.4 Å². The first-order valence-electron chi connectivity index (χ1n) is 7.63. The Labute approximate surface area is 144 Å². The SMILES string of the molecule is Cc1cc(/C=C2/C(=O)NC(=O)N(C)C2=O)c(C)n1-c1ccc(O)cc1. The monoisotopic (exact) mass is 339 g/mol. The Kier molecular flexibility index (Phi) is 3.92. The Bertz CT molecular complexity index is 923. The molecule has 0 atom stereocenters. The maximum Gasteiger partial charge on any atom is 0.331 e. The lowest BCUT2D eigenvalue weighted by molar-refractivity contribution is -0.129. The van der Waals surface area contributed by atoms with Gasteiger partial charge in [0.2, 0.25) is 0 Å². The van der Waals surface area contributed by atoms with Crippen molar-refractivity contribution < 1.29 is 19.5 Å². The van der Waals surface area contributed by atoms with Gasteiger partial charge in [0, 0.05) is 24.1 Å². The molecule has 128 valence electrons. The maximum absolute atomic E-state index is 12.2. The van der Waals surface area contributed by atoms with Gasteiger partial charge in [-0.05, 0) is 55.8 Å². The molecule has 25 heavy (non-hydrogen) atoms. The standard InChI is InChI=1S/C18H17N3O4/c1-10-8-12(9-15-16(23)19-18(25)20(3)17(15)24)11(2)21(10)13-4-6-14(22)7-5-13/h4-9,22H,1-3H3,(H,19,23,25)/b15-9-. The molecule has 1 saturated heterocycles. The minimum absolute atomic E-state index is 0.0898. The van der Waals surface area contributed by atoms with E-state index < -0.39 is 17.8 Å². The van der Waals surface area contributed by atoms with Crippen LogP contribution in [-0.4, -0.2) is 39.5 Å². The number of rotatable bonds is 2. The molecular weight excluding hydrogens is 322 g/mol. The Balaban J connectivity index is 2.06. The summed E-state index contributed by atoms with van der Waals surface area (Å²) in [6.07, 6.45) is 1.49. The lowest BCUT2D eigenvalue weighted by Gasteiger charge is -2.22. The lowest BCUT2D eigenvalue weighted by atomic mass is 10.1. The van der Waals surface area contributed by atoms with Gasteiger partial charge >= 0.3 is 6.03 Å². The van der Waals surface area contributed by atoms with Crippen LogP contribution in [0.1, 0.15) is 17.0 Å². The van der Waals surface area contributed by atoms with Crippen molar-refractivity contribution in [2.75, 3.05) is 7.05 Å². The van der Waals surface area contributed by atoms with Crippen molar-refractivity contribution in [1.82, 2.24) is 14.8 Å². The molecule has 0 spiro atoms. The largest absolute Gasteiger partial charge is 0.508 e. The van der Waals surface area contributed by atoms with E-state index in [1.54, 1.807) is 24.3 Å². The molecule has 3 rings (SSSR count). The summed E-state index contributed by atoms with van der Waals surface area (Å²) >= 11 is 0. The summed E-state index contributed by atoms with van der Waals surface area (Å²) in [6.45, 7) is 3.77. The van der Waals surface area contributed by atoms with Crippen LogP contribution in [0.25, 0.3) is 11.8 Å². The quantitative estimate of drug-likeness (QED) is 0.646. The molecule has 0 radical (unpaired) electrons. The molecule has 1 aromatic heterocycles. The molecule has 0 bridgehead atoms. The summed E-state index contributed by atoms with van der Waals surface area (Å²) in [5.74, 6) is -1.17. The van der Waals surface area contributed by atoms with Crippen LogP contribution in [0.2, 0.25) is 0 Å². The molecule has 1 aromatic carbocycles. The first kappa shape index (κ1) is 16.5. The van der Waals surface area contributed by atoms with Crippen LogP contribution in [0, 0.1) is 13.8 Å². The molecule has 0 unspecified atom stereocenters. The van der Waals surface area contributed by atoms with Gasteiger partial charge in [-0.2, -0.15) is 0 Å². The number of phenols is 1. The van der Waals surface area contributed by atoms with Gasteiger partial charge in [-0.15, -0.1) is 0 Å². The summed E-state index contributed by atoms with van der Waals surface area (Å²) < 4.78 is 1.95. The Morgan fingerprint density at radius 3 is 2.36 bits per heavy atom. The number of imide groups is 2. The predicted molar refractivity (Wildman–Crippen MR) is 91.2 cm³/mol. The molecule has 0 aliphatic carbocycles. The highest BCUT2D eigenvalue weighted by Crippen LogP contribution is 2.25. The molecule has 2 aromatic rings. The Hall–Kier alpha value is -3.35. The molecule has 2 heterocycles. The number of carbonyl (C=O) groups is 3. The Morgan fingerprint density at radius 1 is 1.08 bits per heavy atom. The number of aryl methyl sites for hydroxylation is 1. The van der Waals surface area contributed by atoms with Gasteiger partial charge in [0.25, 0.3) is 11.8 Å². The second-order valence-corrected chi connectivity index (χ2v) is 5.86. The number of aromatic hydroxyl groups is 1. The third kappa shape index (κ3) is 2.80. The van der Waals surface area contributed by atoms with Crippen molar-refractivity contribution >= 4 is 23.9 Å². The zero-order chi connectivity index (χ0) is 18.3. The normalized spacial score (nSPS) is 16.5. The van der Waals surface area contributed by atoms with Crippen LogP contribution in [0.15, 0.2) is 35.9 Å². The molecule has 7 nitrogen and oxygen atoms in total. The Morgan fingerprint density at radius 2 is 1.72 bits per heavy atom. The smallest absolute Gasteiger partial charge is 0.331 e. The van der Waals surface area contributed by atoms with E-state index in [1.165, 1.54) is 13.1 Å². The van der Waals surface area contributed by atoms with Gasteiger partial charge in [0.15, 0.2) is 0 Å². The van der Waals surface area contributed by atoms with Crippen LogP contribution in [0.5, 0.6) is 5.75 Å². The molecule has 1 fully saturated rings. The number of aromatic nitrogens is 1. The summed E-state index contributed by atoms with van der Waals surface area (Å²) in [5.41, 5.74) is 3.20. The van der Waals surface area contributed by atoms with Gasteiger partial charge in [-0.1, -0.05) is 0 Å². The van der Waals surface area contributed by atoms with E-state index in [0.29, 0.717) is 5.56 Å². The van der Waals surface area contributed by atoms with Gasteiger partial charge in [-0.25, -0.2) is 4.79 Å². The predicted octanol–water partition coefficient (Wildman–Crippen LogP) is 1.89. The van der Waals surface area contributed by atoms with Crippen LogP contribution in [0.3, 0.4) is 0 Å². The highest BCUT2D eigenvalue weighted by atomic mass is 16.3. The molecule has 0 saturated carbocycles. The van der Waals surface area contributed by atoms with E-state index in [2.05, 4.69) is 5.32 Å². The van der Waals surface area contributed by atoms with Crippen molar-refractivity contribution in [2.24, 2.45) is 0 Å². The molecule has 7 heteroatoms. The number of barbiturate groups is 1. The summed E-state index contributed by atoms with van der Waals surface area (Å²) in [7, 11) is 1.32. The van der Waals surface area contributed by atoms with Gasteiger partial charge in [-0.3, -0.25) is 19.8 Å². The zero-order valence-electron chi connectivity index (χ0n) is 14.0. The van der Waals surface area contributed by atoms with Gasteiger partial charge in [0.05, 0.1) is 0 Å². The van der Waals surface area contributed by atoms with Crippen molar-refractivity contribution in [3.63, 3.8) is 0 Å². The number of likely N-dealkylation sites (N-methyl/N-ethyl adjacent to an activating group) is 1. The molecule has 2 N–H and O–H groups in total. The third-order valence-corrected chi connectivity index (χ3v) is 4.18. The highest BCUT2D eigenvalue weighted by molar-refractivity contribution is 6.30. The summed E-state index contributed by atoms with van der Waals surface area (Å²) in [5, 5.41) is 11.6. The van der Waals surface area contributed by atoms with E-state index >= 15 is 0 Å². The van der Waals surface area contributed by atoms with E-state index in [-0.39, 0.29) is 11.3 Å². The minimum atomic E-state index is -0.735. The average Bonchev–Trinajstić information content (AvgIpc) is 2.84. The maximum atomic E-state index is 12.2. The first-order chi connectivity index (χ1) is 11.8. The number of hydrogen-bond donors (Lipinski definition) is 2. The number of phenolic OH excluding ortho intramolecular Hbond substituents is 1. The van der Waals surface area contributed by atoms with Crippen molar-refractivity contribution in [2.45, 2.75) is 13.8 Å². The molecule has 1 aliphatic heterocycles. The van der Waals surface area contributed by atoms with Gasteiger partial charge < -0.3 is 9.67 Å². The highest BCUT2D eigenvalue weighted by Gasteiger charge is 2.33. The van der Waals surface area contributed by atoms with E-state index in [9.17, 15) is 19.5 Å². The summed E-state index contributed by atoms with van der Waals surface area (Å²) in [6, 6.07) is 7.85. The third-order valence-electron chi connectivity index (χ3n) is 4.18. The first-order valence-corrected chi connectivity index (χ1v) is 7.63. The fourth-order valence-electron chi connectivity index (χ4n) is 2.83. The summed E-state index contributed by atoms with van der Waals surface area (Å²) in [4.78, 5) is 36.5. The van der Waals surface area contributed by atoms with E-state index in [0.717, 1.165) is 22.0 Å². The number of hydrogen-bond acceptors (Lipinski definition) is 4. The fourth-order valence-corrected chi connectivity index (χ4v) is 2.83. The number of carbonyl (C=O) groups excluding carboxylic acids is 3. The van der Waals surface area contributed by atoms with Crippen LogP contribution < -0.4 is 5.32 Å². The van der Waals surface area contributed by atoms with Crippen molar-refractivity contribution in [1.29, 1.82) is 0 Å². The number of urea groups is 1. The zero-order valence-corrected chi connectivity index (χ0v) is 14.0. The van der Waals surface area contributed by atoms with Crippen LogP contribution in [-0.2, 0) is 9.59 Å². The minimum Gasteiger partial charge on any atom is -0.508 e. The lowest BCUT2D eigenvalue weighted by Crippen LogP contribution is -2.52. The van der Waals surface area contributed by atoms with Gasteiger partial charge in [0.1, 0.15) is 11.3 Å². The van der Waals surface area contributed by atoms with Crippen LogP contribution >= 0.6 is 0 Å². The number of nitrogens with one attached hydrogen (secondary N) is 1. The fraction of sp³-hybridized carbons (Fsp3) is 0.167. The topological polar surface area (TPSA) is 91.6 Å². The second kappa shape index (κ2) is 5.94. The van der Waals surface area contributed by atoms with E-state index in [4.69, 9.17) is 0 Å². The molecule has 4 amide bonds. The van der Waals surface area contributed by atoms with Crippen LogP contribution in [0.4, 0.5) is 4.79 Å². The number of benzene rings is 1.